The van der Waals surface area contributed by atoms with Gasteiger partial charge in [0, 0.05) is 58.9 Å². The van der Waals surface area contributed by atoms with Gasteiger partial charge in [-0.05, 0) is 49.6 Å². The molecule has 240 valence electrons. The molecule has 12 heteroatoms. The molecule has 0 fully saturated rings. The Morgan fingerprint density at radius 3 is 2.72 bits per heavy atom. The number of aromatic nitrogens is 5. The Balaban J connectivity index is 1.51. The number of rotatable bonds is 8. The topological polar surface area (TPSA) is 87.3 Å². The standard InChI is InChI=1S/C35H32F2N6O3S/c1-6-30(44)43-19(2)18-42-28(20(43)3)16-26(40-42)34-32(31-25(37)14-23(36)15-29(31)46-11-10-45-5)35-24(9-12-47-35)33(39-34)21-7-8-27-22(13-21)17-38-41(27)4/h6-9,12-17,19-20H,1,10-11,18H2,2-5H3/t19-,20-/m1/s1. The summed E-state index contributed by atoms with van der Waals surface area (Å²) in [5.74, 6) is -1.68. The Morgan fingerprint density at radius 2 is 1.94 bits per heavy atom. The predicted octanol–water partition coefficient (Wildman–Crippen LogP) is 7.16. The molecular formula is C35H32F2N6O3S. The van der Waals surface area contributed by atoms with Crippen LogP contribution in [0.1, 0.15) is 25.6 Å². The maximum absolute atomic E-state index is 16.1. The average Bonchev–Trinajstić information content (AvgIpc) is 3.79. The number of hydrogen-bond donors (Lipinski definition) is 0. The van der Waals surface area contributed by atoms with Gasteiger partial charge in [0.05, 0.1) is 47.9 Å². The lowest BCUT2D eigenvalue weighted by molar-refractivity contribution is -0.131. The molecule has 0 N–H and O–H groups in total. The highest BCUT2D eigenvalue weighted by Crippen LogP contribution is 2.47. The predicted molar refractivity (Wildman–Crippen MR) is 178 cm³/mol. The molecule has 0 aliphatic carbocycles. The van der Waals surface area contributed by atoms with E-state index < -0.39 is 11.6 Å². The van der Waals surface area contributed by atoms with Gasteiger partial charge in [0.2, 0.25) is 5.91 Å². The number of nitrogens with zero attached hydrogens (tertiary/aromatic N) is 6. The first-order valence-corrected chi connectivity index (χ1v) is 16.1. The second-order valence-electron chi connectivity index (χ2n) is 11.6. The smallest absolute Gasteiger partial charge is 0.246 e. The number of pyridine rings is 1. The fourth-order valence-electron chi connectivity index (χ4n) is 6.52. The van der Waals surface area contributed by atoms with Gasteiger partial charge < -0.3 is 14.4 Å². The van der Waals surface area contributed by atoms with E-state index >= 15 is 4.39 Å². The zero-order valence-corrected chi connectivity index (χ0v) is 27.1. The largest absolute Gasteiger partial charge is 0.490 e. The summed E-state index contributed by atoms with van der Waals surface area (Å²) in [6.45, 7) is 8.37. The SMILES string of the molecule is C=CC(=O)N1[C@H](C)Cn2nc(-c3nc(-c4ccc5c(cnn5C)c4)c4ccsc4c3-c3c(F)cc(F)cc3OCCOC)cc2[C@H]1C. The van der Waals surface area contributed by atoms with E-state index in [-0.39, 0.29) is 42.5 Å². The van der Waals surface area contributed by atoms with Crippen molar-refractivity contribution in [2.24, 2.45) is 7.05 Å². The fraction of sp³-hybridized carbons (Fsp3) is 0.257. The van der Waals surface area contributed by atoms with Gasteiger partial charge in [-0.2, -0.15) is 10.2 Å². The summed E-state index contributed by atoms with van der Waals surface area (Å²) < 4.78 is 46.2. The number of carbonyl (C=O) groups is 1. The Kier molecular flexibility index (Phi) is 7.85. The van der Waals surface area contributed by atoms with Crippen molar-refractivity contribution >= 4 is 38.2 Å². The number of fused-ring (bicyclic) bond motifs is 3. The van der Waals surface area contributed by atoms with Gasteiger partial charge in [0.15, 0.2) is 0 Å². The molecule has 0 saturated carbocycles. The normalized spacial score (nSPS) is 16.2. The lowest BCUT2D eigenvalue weighted by Gasteiger charge is -2.38. The van der Waals surface area contributed by atoms with Crippen molar-refractivity contribution in [1.29, 1.82) is 0 Å². The first-order chi connectivity index (χ1) is 22.7. The molecule has 6 aromatic rings. The Labute approximate surface area is 273 Å². The van der Waals surface area contributed by atoms with Crippen LogP contribution in [0.25, 0.3) is 54.8 Å². The highest BCUT2D eigenvalue weighted by molar-refractivity contribution is 7.18. The summed E-state index contributed by atoms with van der Waals surface area (Å²) >= 11 is 1.43. The van der Waals surface area contributed by atoms with Gasteiger partial charge in [-0.15, -0.1) is 11.3 Å². The van der Waals surface area contributed by atoms with Crippen LogP contribution in [-0.2, 0) is 23.1 Å². The molecule has 5 heterocycles. The monoisotopic (exact) mass is 654 g/mol. The lowest BCUT2D eigenvalue weighted by Crippen LogP contribution is -2.46. The Hall–Kier alpha value is -4.94. The number of halogens is 2. The zero-order valence-electron chi connectivity index (χ0n) is 26.3. The van der Waals surface area contributed by atoms with E-state index in [1.165, 1.54) is 30.6 Å². The molecule has 7 rings (SSSR count). The van der Waals surface area contributed by atoms with Crippen LogP contribution in [0.5, 0.6) is 5.75 Å². The Bertz CT molecular complexity index is 2190. The first-order valence-electron chi connectivity index (χ1n) is 15.2. The van der Waals surface area contributed by atoms with Gasteiger partial charge >= 0.3 is 0 Å². The van der Waals surface area contributed by atoms with Gasteiger partial charge in [0.1, 0.15) is 35.4 Å². The third-order valence-electron chi connectivity index (χ3n) is 8.68. The average molecular weight is 655 g/mol. The summed E-state index contributed by atoms with van der Waals surface area (Å²) in [6.07, 6.45) is 3.12. The van der Waals surface area contributed by atoms with Crippen LogP contribution < -0.4 is 4.74 Å². The van der Waals surface area contributed by atoms with Crippen LogP contribution in [0.2, 0.25) is 0 Å². The van der Waals surface area contributed by atoms with E-state index in [1.807, 2.05) is 66.0 Å². The third kappa shape index (κ3) is 5.17. The fourth-order valence-corrected chi connectivity index (χ4v) is 7.47. The summed E-state index contributed by atoms with van der Waals surface area (Å²) in [6, 6.07) is 11.5. The summed E-state index contributed by atoms with van der Waals surface area (Å²) in [5, 5.41) is 13.1. The molecule has 47 heavy (non-hydrogen) atoms. The van der Waals surface area contributed by atoms with Crippen molar-refractivity contribution in [3.8, 4) is 39.5 Å². The molecular weight excluding hydrogens is 622 g/mol. The first kappa shape index (κ1) is 30.7. The number of ether oxygens (including phenoxy) is 2. The molecule has 9 nitrogen and oxygen atoms in total. The summed E-state index contributed by atoms with van der Waals surface area (Å²) in [7, 11) is 3.42. The molecule has 4 aromatic heterocycles. The molecule has 1 aliphatic rings. The van der Waals surface area contributed by atoms with E-state index in [9.17, 15) is 9.18 Å². The van der Waals surface area contributed by atoms with Crippen molar-refractivity contribution < 1.29 is 23.0 Å². The van der Waals surface area contributed by atoms with E-state index in [4.69, 9.17) is 19.6 Å². The number of aryl methyl sites for hydroxylation is 1. The van der Waals surface area contributed by atoms with Crippen LogP contribution in [0.15, 0.2) is 66.7 Å². The van der Waals surface area contributed by atoms with Crippen LogP contribution in [0, 0.1) is 11.6 Å². The number of amides is 1. The van der Waals surface area contributed by atoms with Crippen molar-refractivity contribution in [2.45, 2.75) is 32.5 Å². The van der Waals surface area contributed by atoms with E-state index in [0.29, 0.717) is 29.2 Å². The van der Waals surface area contributed by atoms with Gasteiger partial charge in [-0.1, -0.05) is 12.6 Å². The Morgan fingerprint density at radius 1 is 1.11 bits per heavy atom. The molecule has 0 radical (unpaired) electrons. The summed E-state index contributed by atoms with van der Waals surface area (Å²) in [4.78, 5) is 19.8. The van der Waals surface area contributed by atoms with Crippen molar-refractivity contribution in [1.82, 2.24) is 29.4 Å². The number of carbonyl (C=O) groups excluding carboxylic acids is 1. The molecule has 2 atom stereocenters. The minimum atomic E-state index is -0.784. The number of benzene rings is 2. The van der Waals surface area contributed by atoms with E-state index in [1.54, 1.807) is 11.1 Å². The quantitative estimate of drug-likeness (QED) is 0.128. The number of hydrogen-bond acceptors (Lipinski definition) is 7. The minimum absolute atomic E-state index is 0.0375. The second-order valence-corrected chi connectivity index (χ2v) is 12.5. The summed E-state index contributed by atoms with van der Waals surface area (Å²) in [5.41, 5.74) is 4.75. The third-order valence-corrected chi connectivity index (χ3v) is 9.61. The molecule has 1 amide bonds. The molecule has 2 aromatic carbocycles. The van der Waals surface area contributed by atoms with Gasteiger partial charge in [-0.25, -0.2) is 13.8 Å². The van der Waals surface area contributed by atoms with E-state index in [0.717, 1.165) is 38.3 Å². The van der Waals surface area contributed by atoms with Crippen molar-refractivity contribution in [3.63, 3.8) is 0 Å². The van der Waals surface area contributed by atoms with Crippen LogP contribution in [-0.4, -0.2) is 61.7 Å². The van der Waals surface area contributed by atoms with Crippen molar-refractivity contribution in [3.05, 3.63) is 84.0 Å². The van der Waals surface area contributed by atoms with Crippen LogP contribution >= 0.6 is 11.3 Å². The van der Waals surface area contributed by atoms with Crippen LogP contribution in [0.4, 0.5) is 8.78 Å². The van der Waals surface area contributed by atoms with E-state index in [2.05, 4.69) is 11.7 Å². The molecule has 0 saturated heterocycles. The molecule has 1 aliphatic heterocycles. The molecule has 0 unspecified atom stereocenters. The highest BCUT2D eigenvalue weighted by Gasteiger charge is 2.34. The number of methoxy groups -OCH3 is 1. The molecule has 0 bridgehead atoms. The zero-order chi connectivity index (χ0) is 33.0. The maximum Gasteiger partial charge on any atom is 0.246 e. The molecule has 0 spiro atoms. The number of thiophene rings is 1. The maximum atomic E-state index is 16.1. The van der Waals surface area contributed by atoms with Gasteiger partial charge in [-0.3, -0.25) is 14.2 Å². The van der Waals surface area contributed by atoms with Crippen molar-refractivity contribution in [2.75, 3.05) is 20.3 Å². The van der Waals surface area contributed by atoms with Crippen LogP contribution in [0.3, 0.4) is 0 Å². The minimum Gasteiger partial charge on any atom is -0.490 e. The lowest BCUT2D eigenvalue weighted by atomic mass is 9.96. The highest BCUT2D eigenvalue weighted by atomic mass is 32.1. The van der Waals surface area contributed by atoms with Gasteiger partial charge in [0.25, 0.3) is 0 Å². The second kappa shape index (κ2) is 12.0.